The van der Waals surface area contributed by atoms with Gasteiger partial charge in [0.15, 0.2) is 0 Å². The molecule has 2 heterocycles. The molecule has 0 bridgehead atoms. The highest BCUT2D eigenvalue weighted by Gasteiger charge is 2.15. The number of hydrogen-bond acceptors (Lipinski definition) is 4. The van der Waals surface area contributed by atoms with Crippen LogP contribution in [0.4, 0.5) is 0 Å². The summed E-state index contributed by atoms with van der Waals surface area (Å²) in [4.78, 5) is 17.4. The summed E-state index contributed by atoms with van der Waals surface area (Å²) in [6, 6.07) is 15.2. The zero-order chi connectivity index (χ0) is 19.8. The fourth-order valence-corrected chi connectivity index (χ4v) is 3.52. The fourth-order valence-electron chi connectivity index (χ4n) is 3.16. The van der Waals surface area contributed by atoms with Crippen molar-refractivity contribution in [2.75, 3.05) is 7.11 Å². The SMILES string of the molecule is COc1ccc(-c2nn(-c3ccnc(Br)c3)c(=O)c3cc(C)c(C)cc23)cc1. The molecule has 2 aromatic carbocycles. The maximum Gasteiger partial charge on any atom is 0.279 e. The van der Waals surface area contributed by atoms with E-state index in [4.69, 9.17) is 9.84 Å². The number of ether oxygens (including phenoxy) is 1. The van der Waals surface area contributed by atoms with Crippen LogP contribution in [0.2, 0.25) is 0 Å². The summed E-state index contributed by atoms with van der Waals surface area (Å²) in [7, 11) is 1.64. The Hall–Kier alpha value is -2.99. The number of rotatable bonds is 3. The molecule has 0 aliphatic heterocycles. The minimum atomic E-state index is -0.159. The van der Waals surface area contributed by atoms with E-state index in [-0.39, 0.29) is 5.56 Å². The first-order chi connectivity index (χ1) is 13.5. The maximum atomic E-state index is 13.2. The van der Waals surface area contributed by atoms with Crippen LogP contribution in [0.25, 0.3) is 27.7 Å². The molecule has 0 N–H and O–H groups in total. The lowest BCUT2D eigenvalue weighted by molar-refractivity contribution is 0.415. The molecule has 0 unspecified atom stereocenters. The van der Waals surface area contributed by atoms with Gasteiger partial charge in [0, 0.05) is 17.1 Å². The van der Waals surface area contributed by atoms with Gasteiger partial charge >= 0.3 is 0 Å². The van der Waals surface area contributed by atoms with Crippen LogP contribution < -0.4 is 10.3 Å². The highest BCUT2D eigenvalue weighted by molar-refractivity contribution is 9.10. The first-order valence-corrected chi connectivity index (χ1v) is 9.58. The van der Waals surface area contributed by atoms with E-state index < -0.39 is 0 Å². The van der Waals surface area contributed by atoms with E-state index >= 15 is 0 Å². The molecule has 6 heteroatoms. The highest BCUT2D eigenvalue weighted by Crippen LogP contribution is 2.29. The van der Waals surface area contributed by atoms with Crippen molar-refractivity contribution >= 4 is 26.7 Å². The Morgan fingerprint density at radius 3 is 2.29 bits per heavy atom. The van der Waals surface area contributed by atoms with Crippen LogP contribution in [0, 0.1) is 13.8 Å². The Morgan fingerprint density at radius 1 is 0.964 bits per heavy atom. The van der Waals surface area contributed by atoms with Gasteiger partial charge in [-0.3, -0.25) is 4.79 Å². The Kier molecular flexibility index (Phi) is 4.73. The molecule has 2 aromatic heterocycles. The molecule has 0 amide bonds. The molecule has 0 saturated carbocycles. The summed E-state index contributed by atoms with van der Waals surface area (Å²) in [6.07, 6.45) is 1.64. The van der Waals surface area contributed by atoms with Gasteiger partial charge in [0.05, 0.1) is 23.9 Å². The van der Waals surface area contributed by atoms with Crippen molar-refractivity contribution in [1.82, 2.24) is 14.8 Å². The third-order valence-corrected chi connectivity index (χ3v) is 5.26. The molecule has 0 aliphatic rings. The number of hydrogen-bond donors (Lipinski definition) is 0. The average Bonchev–Trinajstić information content (AvgIpc) is 2.70. The predicted molar refractivity (Wildman–Crippen MR) is 114 cm³/mol. The average molecular weight is 436 g/mol. The lowest BCUT2D eigenvalue weighted by Gasteiger charge is -2.13. The molecule has 0 atom stereocenters. The Morgan fingerprint density at radius 2 is 1.64 bits per heavy atom. The smallest absolute Gasteiger partial charge is 0.279 e. The van der Waals surface area contributed by atoms with Crippen LogP contribution in [0.15, 0.2) is 64.1 Å². The topological polar surface area (TPSA) is 57.0 Å². The standard InChI is InChI=1S/C22H18BrN3O2/c1-13-10-18-19(11-14(13)2)22(27)26(16-8-9-24-20(23)12-16)25-21(18)15-4-6-17(28-3)7-5-15/h4-12H,1-3H3. The minimum absolute atomic E-state index is 0.159. The van der Waals surface area contributed by atoms with Crippen LogP contribution in [-0.4, -0.2) is 21.9 Å². The quantitative estimate of drug-likeness (QED) is 0.432. The number of halogens is 1. The molecule has 0 aliphatic carbocycles. The van der Waals surface area contributed by atoms with E-state index in [0.29, 0.717) is 15.7 Å². The van der Waals surface area contributed by atoms with Crippen molar-refractivity contribution in [2.24, 2.45) is 0 Å². The second kappa shape index (κ2) is 7.20. The van der Waals surface area contributed by atoms with Crippen molar-refractivity contribution in [1.29, 1.82) is 0 Å². The van der Waals surface area contributed by atoms with Crippen LogP contribution in [0.3, 0.4) is 0 Å². The largest absolute Gasteiger partial charge is 0.497 e. The molecule has 4 aromatic rings. The third-order valence-electron chi connectivity index (χ3n) is 4.83. The number of pyridine rings is 1. The molecule has 4 rings (SSSR count). The lowest BCUT2D eigenvalue weighted by Crippen LogP contribution is -2.22. The summed E-state index contributed by atoms with van der Waals surface area (Å²) in [5.74, 6) is 0.770. The zero-order valence-electron chi connectivity index (χ0n) is 15.7. The molecular weight excluding hydrogens is 418 g/mol. The number of benzene rings is 2. The molecule has 0 radical (unpaired) electrons. The monoisotopic (exact) mass is 435 g/mol. The van der Waals surface area contributed by atoms with E-state index in [9.17, 15) is 4.79 Å². The fraction of sp³-hybridized carbons (Fsp3) is 0.136. The highest BCUT2D eigenvalue weighted by atomic mass is 79.9. The van der Waals surface area contributed by atoms with Gasteiger partial charge in [-0.25, -0.2) is 4.98 Å². The van der Waals surface area contributed by atoms with Gasteiger partial charge in [0.25, 0.3) is 5.56 Å². The normalized spacial score (nSPS) is 11.0. The molecule has 5 nitrogen and oxygen atoms in total. The molecule has 140 valence electrons. The van der Waals surface area contributed by atoms with Gasteiger partial charge in [-0.05, 0) is 89.4 Å². The van der Waals surface area contributed by atoms with Gasteiger partial charge in [-0.2, -0.15) is 9.78 Å². The Bertz CT molecular complexity index is 1250. The van der Waals surface area contributed by atoms with E-state index in [0.717, 1.165) is 33.5 Å². The number of aromatic nitrogens is 3. The number of nitrogens with zero attached hydrogens (tertiary/aromatic N) is 3. The van der Waals surface area contributed by atoms with Crippen molar-refractivity contribution in [2.45, 2.75) is 13.8 Å². The first-order valence-electron chi connectivity index (χ1n) is 8.78. The zero-order valence-corrected chi connectivity index (χ0v) is 17.3. The van der Waals surface area contributed by atoms with Crippen LogP contribution >= 0.6 is 15.9 Å². The molecular formula is C22H18BrN3O2. The Labute approximate surface area is 170 Å². The van der Waals surface area contributed by atoms with Gasteiger partial charge in [-0.15, -0.1) is 0 Å². The molecule has 28 heavy (non-hydrogen) atoms. The Balaban J connectivity index is 2.08. The number of methoxy groups -OCH3 is 1. The predicted octanol–water partition coefficient (Wildman–Crippen LogP) is 4.84. The number of aryl methyl sites for hydroxylation is 2. The summed E-state index contributed by atoms with van der Waals surface area (Å²) in [6.45, 7) is 4.05. The second-order valence-corrected chi connectivity index (χ2v) is 7.43. The van der Waals surface area contributed by atoms with Crippen LogP contribution in [-0.2, 0) is 0 Å². The van der Waals surface area contributed by atoms with E-state index in [1.165, 1.54) is 4.68 Å². The van der Waals surface area contributed by atoms with Crippen molar-refractivity contribution in [3.8, 4) is 22.7 Å². The van der Waals surface area contributed by atoms with Crippen molar-refractivity contribution in [3.63, 3.8) is 0 Å². The molecule has 0 spiro atoms. The van der Waals surface area contributed by atoms with E-state index in [2.05, 4.69) is 20.9 Å². The van der Waals surface area contributed by atoms with Gasteiger partial charge in [-0.1, -0.05) is 0 Å². The van der Waals surface area contributed by atoms with Crippen molar-refractivity contribution < 1.29 is 4.74 Å². The number of fused-ring (bicyclic) bond motifs is 1. The molecule has 0 fully saturated rings. The molecule has 0 saturated heterocycles. The summed E-state index contributed by atoms with van der Waals surface area (Å²) in [5.41, 5.74) is 4.34. The second-order valence-electron chi connectivity index (χ2n) is 6.61. The first kappa shape index (κ1) is 18.4. The van der Waals surface area contributed by atoms with Crippen LogP contribution in [0.1, 0.15) is 11.1 Å². The van der Waals surface area contributed by atoms with Crippen molar-refractivity contribution in [3.05, 3.63) is 80.8 Å². The summed E-state index contributed by atoms with van der Waals surface area (Å²) in [5, 5.41) is 6.19. The summed E-state index contributed by atoms with van der Waals surface area (Å²) < 4.78 is 7.34. The van der Waals surface area contributed by atoms with E-state index in [1.54, 1.807) is 25.4 Å². The lowest BCUT2D eigenvalue weighted by atomic mass is 10.00. The van der Waals surface area contributed by atoms with Gasteiger partial charge < -0.3 is 4.74 Å². The third kappa shape index (κ3) is 3.20. The summed E-state index contributed by atoms with van der Waals surface area (Å²) >= 11 is 3.37. The minimum Gasteiger partial charge on any atom is -0.497 e. The van der Waals surface area contributed by atoms with Gasteiger partial charge in [0.2, 0.25) is 0 Å². The van der Waals surface area contributed by atoms with Crippen LogP contribution in [0.5, 0.6) is 5.75 Å². The van der Waals surface area contributed by atoms with E-state index in [1.807, 2.05) is 50.2 Å². The van der Waals surface area contributed by atoms with Gasteiger partial charge in [0.1, 0.15) is 10.4 Å². The maximum absolute atomic E-state index is 13.2.